The van der Waals surface area contributed by atoms with Crippen molar-refractivity contribution in [2.24, 2.45) is 0 Å². The average Bonchev–Trinajstić information content (AvgIpc) is 2.28. The summed E-state index contributed by atoms with van der Waals surface area (Å²) in [5.41, 5.74) is 1.31. The number of rotatable bonds is 1. The smallest absolute Gasteiger partial charge is 0.138 e. The molecule has 2 rings (SSSR count). The van der Waals surface area contributed by atoms with Crippen molar-refractivity contribution in [1.29, 1.82) is 0 Å². The van der Waals surface area contributed by atoms with E-state index in [1.807, 2.05) is 0 Å². The highest BCUT2D eigenvalue weighted by Crippen LogP contribution is 2.40. The van der Waals surface area contributed by atoms with Crippen molar-refractivity contribution in [3.63, 3.8) is 0 Å². The first-order valence-corrected chi connectivity index (χ1v) is 6.35. The monoisotopic (exact) mass is 325 g/mol. The highest BCUT2D eigenvalue weighted by Gasteiger charge is 2.13. The molecule has 0 aliphatic heterocycles. The van der Waals surface area contributed by atoms with Crippen molar-refractivity contribution in [3.05, 3.63) is 49.6 Å². The van der Waals surface area contributed by atoms with E-state index in [-0.39, 0.29) is 10.2 Å². The molecule has 17 heavy (non-hydrogen) atoms. The lowest BCUT2D eigenvalue weighted by Gasteiger charge is -2.08. The molecule has 1 nitrogen and oxygen atoms in total. The van der Waals surface area contributed by atoms with Crippen LogP contribution in [0.25, 0.3) is 11.1 Å². The maximum absolute atomic E-state index is 6.11. The quantitative estimate of drug-likeness (QED) is 0.461. The standard InChI is InChI=1S/C11H4Cl5N/c12-7-3-1-5(9(14)10(7)15)6-2-4-8(13)17-11(6)16/h1-4H. The number of nitrogens with zero attached hydrogens (tertiary/aromatic N) is 1. The summed E-state index contributed by atoms with van der Waals surface area (Å²) in [4.78, 5) is 3.94. The summed E-state index contributed by atoms with van der Waals surface area (Å²) in [6.07, 6.45) is 0. The number of aromatic nitrogens is 1. The highest BCUT2D eigenvalue weighted by atomic mass is 35.5. The number of halogens is 5. The molecule has 0 spiro atoms. The van der Waals surface area contributed by atoms with Crippen LogP contribution in [0.15, 0.2) is 24.3 Å². The molecule has 0 saturated carbocycles. The van der Waals surface area contributed by atoms with Gasteiger partial charge >= 0.3 is 0 Å². The van der Waals surface area contributed by atoms with Gasteiger partial charge in [0.05, 0.1) is 15.1 Å². The number of hydrogen-bond donors (Lipinski definition) is 0. The molecule has 0 bridgehead atoms. The Hall–Kier alpha value is -0.180. The Kier molecular flexibility index (Phi) is 4.06. The van der Waals surface area contributed by atoms with Crippen LogP contribution in [0.2, 0.25) is 25.4 Å². The molecule has 0 amide bonds. The first-order valence-electron chi connectivity index (χ1n) is 4.46. The molecule has 1 aromatic heterocycles. The molecule has 0 N–H and O–H groups in total. The van der Waals surface area contributed by atoms with E-state index in [4.69, 9.17) is 58.0 Å². The van der Waals surface area contributed by atoms with Crippen LogP contribution in [-0.4, -0.2) is 4.98 Å². The van der Waals surface area contributed by atoms with Gasteiger partial charge in [0.2, 0.25) is 0 Å². The van der Waals surface area contributed by atoms with Crippen molar-refractivity contribution in [3.8, 4) is 11.1 Å². The SMILES string of the molecule is Clc1ccc(-c2ccc(Cl)c(Cl)c2Cl)c(Cl)n1. The van der Waals surface area contributed by atoms with Gasteiger partial charge in [-0.3, -0.25) is 0 Å². The van der Waals surface area contributed by atoms with Gasteiger partial charge in [-0.15, -0.1) is 0 Å². The van der Waals surface area contributed by atoms with Crippen molar-refractivity contribution in [1.82, 2.24) is 4.98 Å². The van der Waals surface area contributed by atoms with Crippen LogP contribution in [-0.2, 0) is 0 Å². The third-order valence-corrected chi connectivity index (χ3v) is 3.93. The Morgan fingerprint density at radius 1 is 0.706 bits per heavy atom. The van der Waals surface area contributed by atoms with Gasteiger partial charge in [-0.05, 0) is 18.2 Å². The van der Waals surface area contributed by atoms with Crippen LogP contribution in [0.5, 0.6) is 0 Å². The van der Waals surface area contributed by atoms with Crippen molar-refractivity contribution in [2.45, 2.75) is 0 Å². The second-order valence-electron chi connectivity index (χ2n) is 3.20. The van der Waals surface area contributed by atoms with E-state index in [1.54, 1.807) is 24.3 Å². The van der Waals surface area contributed by atoms with Crippen LogP contribution >= 0.6 is 58.0 Å². The second-order valence-corrected chi connectivity index (χ2v) is 5.10. The Labute approximate surface area is 123 Å². The molecule has 0 aliphatic rings. The van der Waals surface area contributed by atoms with Gasteiger partial charge in [-0.25, -0.2) is 4.98 Å². The van der Waals surface area contributed by atoms with Crippen molar-refractivity contribution < 1.29 is 0 Å². The van der Waals surface area contributed by atoms with E-state index >= 15 is 0 Å². The van der Waals surface area contributed by atoms with Crippen LogP contribution in [0.1, 0.15) is 0 Å². The summed E-state index contributed by atoms with van der Waals surface area (Å²) in [5, 5.41) is 1.59. The van der Waals surface area contributed by atoms with Gasteiger partial charge < -0.3 is 0 Å². The van der Waals surface area contributed by atoms with Gasteiger partial charge in [-0.2, -0.15) is 0 Å². The highest BCUT2D eigenvalue weighted by molar-refractivity contribution is 6.49. The maximum atomic E-state index is 6.11. The third-order valence-electron chi connectivity index (χ3n) is 2.14. The van der Waals surface area contributed by atoms with Gasteiger partial charge in [0.15, 0.2) is 0 Å². The summed E-state index contributed by atoms with van der Waals surface area (Å²) in [6, 6.07) is 6.73. The van der Waals surface area contributed by atoms with E-state index < -0.39 is 0 Å². The lowest BCUT2D eigenvalue weighted by atomic mass is 10.1. The summed E-state index contributed by atoms with van der Waals surface area (Å²) in [6.45, 7) is 0. The van der Waals surface area contributed by atoms with Crippen molar-refractivity contribution >= 4 is 58.0 Å². The zero-order valence-electron chi connectivity index (χ0n) is 8.15. The van der Waals surface area contributed by atoms with Gasteiger partial charge in [0, 0.05) is 11.1 Å². The van der Waals surface area contributed by atoms with Crippen LogP contribution in [0.4, 0.5) is 0 Å². The molecular weight excluding hydrogens is 323 g/mol. The zero-order chi connectivity index (χ0) is 12.6. The fourth-order valence-corrected chi connectivity index (χ4v) is 2.43. The summed E-state index contributed by atoms with van der Waals surface area (Å²) < 4.78 is 0. The van der Waals surface area contributed by atoms with E-state index in [2.05, 4.69) is 4.98 Å². The minimum Gasteiger partial charge on any atom is -0.224 e. The van der Waals surface area contributed by atoms with E-state index in [0.717, 1.165) is 0 Å². The van der Waals surface area contributed by atoms with E-state index in [1.165, 1.54) is 0 Å². The molecule has 0 saturated heterocycles. The maximum Gasteiger partial charge on any atom is 0.138 e. The Morgan fingerprint density at radius 2 is 1.35 bits per heavy atom. The molecule has 0 fully saturated rings. The Morgan fingerprint density at radius 3 is 2.00 bits per heavy atom. The van der Waals surface area contributed by atoms with Crippen LogP contribution in [0.3, 0.4) is 0 Å². The molecule has 2 aromatic rings. The average molecular weight is 327 g/mol. The first-order chi connectivity index (χ1) is 8.00. The van der Waals surface area contributed by atoms with E-state index in [9.17, 15) is 0 Å². The number of hydrogen-bond acceptors (Lipinski definition) is 1. The molecule has 0 radical (unpaired) electrons. The fourth-order valence-electron chi connectivity index (χ4n) is 1.35. The molecule has 6 heteroatoms. The minimum atomic E-state index is 0.262. The third kappa shape index (κ3) is 2.64. The first kappa shape index (κ1) is 13.3. The minimum absolute atomic E-state index is 0.262. The largest absolute Gasteiger partial charge is 0.224 e. The fraction of sp³-hybridized carbons (Fsp3) is 0. The molecule has 1 aromatic carbocycles. The molecule has 1 heterocycles. The number of benzene rings is 1. The van der Waals surface area contributed by atoms with Crippen LogP contribution in [0, 0.1) is 0 Å². The molecule has 0 unspecified atom stereocenters. The lowest BCUT2D eigenvalue weighted by Crippen LogP contribution is -1.86. The molecular formula is C11H4Cl5N. The zero-order valence-corrected chi connectivity index (χ0v) is 11.9. The Bertz CT molecular complexity index is 582. The normalized spacial score (nSPS) is 10.6. The summed E-state index contributed by atoms with van der Waals surface area (Å²) >= 11 is 29.6. The van der Waals surface area contributed by atoms with Gasteiger partial charge in [0.1, 0.15) is 10.3 Å². The van der Waals surface area contributed by atoms with Crippen molar-refractivity contribution in [2.75, 3.05) is 0 Å². The molecule has 0 aliphatic carbocycles. The van der Waals surface area contributed by atoms with Crippen LogP contribution < -0.4 is 0 Å². The Balaban J connectivity index is 2.65. The molecule has 88 valence electrons. The van der Waals surface area contributed by atoms with E-state index in [0.29, 0.717) is 26.3 Å². The summed E-state index contributed by atoms with van der Waals surface area (Å²) in [7, 11) is 0. The second kappa shape index (κ2) is 5.21. The predicted molar refractivity (Wildman–Crippen MR) is 74.7 cm³/mol. The topological polar surface area (TPSA) is 12.9 Å². The molecule has 0 atom stereocenters. The predicted octanol–water partition coefficient (Wildman–Crippen LogP) is 6.02. The summed E-state index contributed by atoms with van der Waals surface area (Å²) in [5.74, 6) is 0. The number of pyridine rings is 1. The lowest BCUT2D eigenvalue weighted by molar-refractivity contribution is 1.33. The van der Waals surface area contributed by atoms with Gasteiger partial charge in [-0.1, -0.05) is 64.1 Å². The van der Waals surface area contributed by atoms with Gasteiger partial charge in [0.25, 0.3) is 0 Å².